The SMILES string of the molecule is Cc1ccc(NC2(C(=O)O)CCCC(C)(C)CC2)cc1. The summed E-state index contributed by atoms with van der Waals surface area (Å²) < 4.78 is 0. The van der Waals surface area contributed by atoms with Crippen LogP contribution in [0.5, 0.6) is 0 Å². The first kappa shape index (κ1) is 14.9. The van der Waals surface area contributed by atoms with Gasteiger partial charge in [0.05, 0.1) is 0 Å². The molecule has 1 saturated carbocycles. The number of anilines is 1. The highest BCUT2D eigenvalue weighted by Gasteiger charge is 2.41. The largest absolute Gasteiger partial charge is 0.480 e. The molecule has 1 aliphatic rings. The van der Waals surface area contributed by atoms with Crippen molar-refractivity contribution in [3.63, 3.8) is 0 Å². The van der Waals surface area contributed by atoms with E-state index in [9.17, 15) is 9.90 Å². The number of hydrogen-bond acceptors (Lipinski definition) is 2. The van der Waals surface area contributed by atoms with Gasteiger partial charge in [-0.3, -0.25) is 0 Å². The van der Waals surface area contributed by atoms with Crippen LogP contribution in [0.25, 0.3) is 0 Å². The number of carboxylic acid groups (broad SMARTS) is 1. The van der Waals surface area contributed by atoms with Crippen LogP contribution >= 0.6 is 0 Å². The number of aryl methyl sites for hydroxylation is 1. The van der Waals surface area contributed by atoms with Crippen molar-refractivity contribution >= 4 is 11.7 Å². The molecule has 1 atom stereocenters. The maximum Gasteiger partial charge on any atom is 0.329 e. The lowest BCUT2D eigenvalue weighted by Crippen LogP contribution is -2.46. The molecule has 1 aromatic rings. The van der Waals surface area contributed by atoms with Gasteiger partial charge in [-0.05, 0) is 56.6 Å². The molecule has 0 aromatic heterocycles. The summed E-state index contributed by atoms with van der Waals surface area (Å²) in [7, 11) is 0. The first-order valence-electron chi connectivity index (χ1n) is 7.41. The molecule has 0 aliphatic heterocycles. The Morgan fingerprint density at radius 2 is 1.75 bits per heavy atom. The fourth-order valence-corrected chi connectivity index (χ4v) is 2.98. The van der Waals surface area contributed by atoms with Gasteiger partial charge in [-0.15, -0.1) is 0 Å². The molecule has 1 fully saturated rings. The summed E-state index contributed by atoms with van der Waals surface area (Å²) in [5, 5.41) is 13.0. The summed E-state index contributed by atoms with van der Waals surface area (Å²) in [6, 6.07) is 7.96. The van der Waals surface area contributed by atoms with E-state index in [2.05, 4.69) is 19.2 Å². The Labute approximate surface area is 121 Å². The van der Waals surface area contributed by atoms with Crippen molar-refractivity contribution in [3.05, 3.63) is 29.8 Å². The lowest BCUT2D eigenvalue weighted by Gasteiger charge is -2.31. The van der Waals surface area contributed by atoms with Gasteiger partial charge >= 0.3 is 5.97 Å². The molecule has 3 heteroatoms. The summed E-state index contributed by atoms with van der Waals surface area (Å²) in [5.74, 6) is -0.726. The van der Waals surface area contributed by atoms with E-state index in [-0.39, 0.29) is 5.41 Å². The van der Waals surface area contributed by atoms with Crippen LogP contribution < -0.4 is 5.32 Å². The number of benzene rings is 1. The molecule has 0 heterocycles. The molecule has 1 aliphatic carbocycles. The first-order chi connectivity index (χ1) is 9.33. The van der Waals surface area contributed by atoms with Crippen LogP contribution in [0.1, 0.15) is 51.5 Å². The zero-order valence-corrected chi connectivity index (χ0v) is 12.7. The highest BCUT2D eigenvalue weighted by atomic mass is 16.4. The molecule has 0 radical (unpaired) electrons. The van der Waals surface area contributed by atoms with Crippen molar-refractivity contribution in [2.45, 2.75) is 58.4 Å². The Morgan fingerprint density at radius 3 is 2.35 bits per heavy atom. The number of carboxylic acids is 1. The molecule has 20 heavy (non-hydrogen) atoms. The third-order valence-electron chi connectivity index (χ3n) is 4.53. The molecule has 110 valence electrons. The maximum atomic E-state index is 11.8. The van der Waals surface area contributed by atoms with Gasteiger partial charge in [0.15, 0.2) is 0 Å². The van der Waals surface area contributed by atoms with Gasteiger partial charge in [0, 0.05) is 5.69 Å². The van der Waals surface area contributed by atoms with Crippen molar-refractivity contribution in [3.8, 4) is 0 Å². The molecule has 0 saturated heterocycles. The van der Waals surface area contributed by atoms with E-state index in [4.69, 9.17) is 0 Å². The molecular formula is C17H25NO2. The summed E-state index contributed by atoms with van der Waals surface area (Å²) in [4.78, 5) is 11.8. The lowest BCUT2D eigenvalue weighted by molar-refractivity contribution is -0.142. The van der Waals surface area contributed by atoms with Crippen LogP contribution in [0.15, 0.2) is 24.3 Å². The lowest BCUT2D eigenvalue weighted by atomic mass is 9.83. The number of carbonyl (C=O) groups is 1. The minimum absolute atomic E-state index is 0.242. The standard InChI is InChI=1S/C17H25NO2/c1-13-5-7-14(8-6-13)18-17(15(19)20)10-4-9-16(2,3)11-12-17/h5-8,18H,4,9-12H2,1-3H3,(H,19,20). The predicted octanol–water partition coefficient (Wildman–Crippen LogP) is 4.22. The predicted molar refractivity (Wildman–Crippen MR) is 82.0 cm³/mol. The van der Waals surface area contributed by atoms with E-state index in [1.165, 1.54) is 5.56 Å². The minimum atomic E-state index is -0.816. The summed E-state index contributed by atoms with van der Waals surface area (Å²) in [6.45, 7) is 6.50. The van der Waals surface area contributed by atoms with Crippen LogP contribution in [0.2, 0.25) is 0 Å². The molecule has 2 rings (SSSR count). The number of rotatable bonds is 3. The third kappa shape index (κ3) is 3.33. The van der Waals surface area contributed by atoms with Crippen molar-refractivity contribution in [1.29, 1.82) is 0 Å². The monoisotopic (exact) mass is 275 g/mol. The second-order valence-corrected chi connectivity index (χ2v) is 6.90. The fraction of sp³-hybridized carbons (Fsp3) is 0.588. The van der Waals surface area contributed by atoms with E-state index in [1.54, 1.807) is 0 Å². The van der Waals surface area contributed by atoms with Crippen LogP contribution in [-0.4, -0.2) is 16.6 Å². The van der Waals surface area contributed by atoms with Crippen LogP contribution in [-0.2, 0) is 4.79 Å². The van der Waals surface area contributed by atoms with Crippen molar-refractivity contribution < 1.29 is 9.90 Å². The second-order valence-electron chi connectivity index (χ2n) is 6.90. The van der Waals surface area contributed by atoms with Gasteiger partial charge in [0.25, 0.3) is 0 Å². The second kappa shape index (κ2) is 5.47. The van der Waals surface area contributed by atoms with Gasteiger partial charge in [-0.25, -0.2) is 4.79 Å². The van der Waals surface area contributed by atoms with Crippen LogP contribution in [0.3, 0.4) is 0 Å². The molecule has 0 bridgehead atoms. The Bertz CT molecular complexity index is 478. The topological polar surface area (TPSA) is 49.3 Å². The molecule has 3 nitrogen and oxygen atoms in total. The average Bonchev–Trinajstić information content (AvgIpc) is 2.52. The van der Waals surface area contributed by atoms with Gasteiger partial charge in [-0.1, -0.05) is 31.5 Å². The smallest absolute Gasteiger partial charge is 0.329 e. The van der Waals surface area contributed by atoms with Crippen LogP contribution in [0.4, 0.5) is 5.69 Å². The normalized spacial score (nSPS) is 25.8. The zero-order chi connectivity index (χ0) is 14.8. The summed E-state index contributed by atoms with van der Waals surface area (Å²) in [6.07, 6.45) is 4.37. The van der Waals surface area contributed by atoms with E-state index in [1.807, 2.05) is 31.2 Å². The summed E-state index contributed by atoms with van der Waals surface area (Å²) >= 11 is 0. The number of aliphatic carboxylic acids is 1. The van der Waals surface area contributed by atoms with E-state index in [0.717, 1.165) is 24.9 Å². The Hall–Kier alpha value is -1.51. The summed E-state index contributed by atoms with van der Waals surface area (Å²) in [5.41, 5.74) is 1.51. The zero-order valence-electron chi connectivity index (χ0n) is 12.7. The fourth-order valence-electron chi connectivity index (χ4n) is 2.98. The molecule has 1 unspecified atom stereocenters. The molecule has 2 N–H and O–H groups in total. The van der Waals surface area contributed by atoms with Crippen molar-refractivity contribution in [2.24, 2.45) is 5.41 Å². The Morgan fingerprint density at radius 1 is 1.10 bits per heavy atom. The Kier molecular flexibility index (Phi) is 4.07. The van der Waals surface area contributed by atoms with Gasteiger partial charge in [0.1, 0.15) is 5.54 Å². The highest BCUT2D eigenvalue weighted by Crippen LogP contribution is 2.39. The third-order valence-corrected chi connectivity index (χ3v) is 4.53. The average molecular weight is 275 g/mol. The Balaban J connectivity index is 2.21. The minimum Gasteiger partial charge on any atom is -0.480 e. The molecule has 0 spiro atoms. The molecular weight excluding hydrogens is 250 g/mol. The molecule has 1 aromatic carbocycles. The van der Waals surface area contributed by atoms with Crippen molar-refractivity contribution in [2.75, 3.05) is 5.32 Å². The van der Waals surface area contributed by atoms with E-state index >= 15 is 0 Å². The highest BCUT2D eigenvalue weighted by molar-refractivity contribution is 5.82. The molecule has 0 amide bonds. The van der Waals surface area contributed by atoms with Crippen LogP contribution in [0, 0.1) is 12.3 Å². The quantitative estimate of drug-likeness (QED) is 0.812. The van der Waals surface area contributed by atoms with E-state index < -0.39 is 11.5 Å². The number of hydrogen-bond donors (Lipinski definition) is 2. The number of nitrogens with one attached hydrogen (secondary N) is 1. The maximum absolute atomic E-state index is 11.8. The first-order valence-corrected chi connectivity index (χ1v) is 7.41. The van der Waals surface area contributed by atoms with Crippen molar-refractivity contribution in [1.82, 2.24) is 0 Å². The van der Waals surface area contributed by atoms with E-state index in [0.29, 0.717) is 12.8 Å². The van der Waals surface area contributed by atoms with Gasteiger partial charge in [-0.2, -0.15) is 0 Å². The van der Waals surface area contributed by atoms with Gasteiger partial charge in [0.2, 0.25) is 0 Å². The van der Waals surface area contributed by atoms with Gasteiger partial charge < -0.3 is 10.4 Å².